The number of rotatable bonds is 7. The van der Waals surface area contributed by atoms with Crippen molar-refractivity contribution in [2.45, 2.75) is 10.8 Å². The van der Waals surface area contributed by atoms with E-state index in [1.807, 2.05) is 35.0 Å². The van der Waals surface area contributed by atoms with Crippen LogP contribution in [0.3, 0.4) is 0 Å². The smallest absolute Gasteiger partial charge is 0.271 e. The van der Waals surface area contributed by atoms with Crippen LogP contribution in [0.15, 0.2) is 89.0 Å². The van der Waals surface area contributed by atoms with Crippen molar-refractivity contribution in [3.05, 3.63) is 95.9 Å². The maximum Gasteiger partial charge on any atom is 0.271 e. The topological polar surface area (TPSA) is 93.1 Å². The highest BCUT2D eigenvalue weighted by atomic mass is 32.2. The van der Waals surface area contributed by atoms with Crippen molar-refractivity contribution in [2.24, 2.45) is 0 Å². The first-order valence-corrected chi connectivity index (χ1v) is 11.4. The van der Waals surface area contributed by atoms with E-state index < -0.39 is 10.0 Å². The maximum atomic E-state index is 12.6. The molecule has 0 fully saturated rings. The van der Waals surface area contributed by atoms with Crippen LogP contribution in [-0.2, 0) is 16.6 Å². The Balaban J connectivity index is 1.42. The average Bonchev–Trinajstić information content (AvgIpc) is 3.43. The highest BCUT2D eigenvalue weighted by Gasteiger charge is 2.15. The SMILES string of the molecule is O=C(Nc1cccc(Cn2ccnc2)c1)c1ccc(NS(=O)(=O)c2cccs2)cc1. The molecule has 9 heteroatoms. The molecule has 2 N–H and O–H groups in total. The molecule has 7 nitrogen and oxygen atoms in total. The van der Waals surface area contributed by atoms with Gasteiger partial charge in [0.2, 0.25) is 0 Å². The van der Waals surface area contributed by atoms with E-state index in [2.05, 4.69) is 15.0 Å². The van der Waals surface area contributed by atoms with Gasteiger partial charge in [0.05, 0.1) is 6.33 Å². The number of carbonyl (C=O) groups excluding carboxylic acids is 1. The minimum atomic E-state index is -3.62. The summed E-state index contributed by atoms with van der Waals surface area (Å²) in [6.45, 7) is 0.656. The zero-order valence-electron chi connectivity index (χ0n) is 15.7. The Hall–Kier alpha value is -3.43. The number of nitrogens with one attached hydrogen (secondary N) is 2. The van der Waals surface area contributed by atoms with Crippen LogP contribution in [0.4, 0.5) is 11.4 Å². The molecule has 2 heterocycles. The summed E-state index contributed by atoms with van der Waals surface area (Å²) < 4.78 is 29.3. The molecule has 4 aromatic rings. The molecule has 0 saturated carbocycles. The molecule has 0 spiro atoms. The summed E-state index contributed by atoms with van der Waals surface area (Å²) in [5.74, 6) is -0.276. The van der Waals surface area contributed by atoms with Gasteiger partial charge in [0.1, 0.15) is 4.21 Å². The molecular formula is C21H18N4O3S2. The number of thiophene rings is 1. The average molecular weight is 439 g/mol. The molecule has 2 aromatic carbocycles. The summed E-state index contributed by atoms with van der Waals surface area (Å²) in [6, 6.07) is 17.1. The van der Waals surface area contributed by atoms with Gasteiger partial charge in [-0.3, -0.25) is 9.52 Å². The molecule has 0 aliphatic heterocycles. The molecule has 0 radical (unpaired) electrons. The normalized spacial score (nSPS) is 11.2. The monoisotopic (exact) mass is 438 g/mol. The molecule has 1 amide bonds. The molecular weight excluding hydrogens is 420 g/mol. The van der Waals surface area contributed by atoms with E-state index in [9.17, 15) is 13.2 Å². The zero-order valence-corrected chi connectivity index (χ0v) is 17.4. The number of nitrogens with zero attached hydrogens (tertiary/aromatic N) is 2. The van der Waals surface area contributed by atoms with Crippen LogP contribution in [-0.4, -0.2) is 23.9 Å². The van der Waals surface area contributed by atoms with Gasteiger partial charge < -0.3 is 9.88 Å². The van der Waals surface area contributed by atoms with Crippen molar-refractivity contribution in [2.75, 3.05) is 10.0 Å². The van der Waals surface area contributed by atoms with Crippen LogP contribution in [0.1, 0.15) is 15.9 Å². The number of sulfonamides is 1. The predicted octanol–water partition coefficient (Wildman–Crippen LogP) is 4.05. The van der Waals surface area contributed by atoms with Crippen LogP contribution < -0.4 is 10.0 Å². The Labute approximate surface area is 178 Å². The number of anilines is 2. The molecule has 0 aliphatic rings. The van der Waals surface area contributed by atoms with Crippen molar-refractivity contribution in [1.82, 2.24) is 9.55 Å². The Kier molecular flexibility index (Phi) is 5.64. The van der Waals surface area contributed by atoms with Crippen LogP contribution in [0.5, 0.6) is 0 Å². The lowest BCUT2D eigenvalue weighted by molar-refractivity contribution is 0.102. The number of aromatic nitrogens is 2. The fourth-order valence-corrected chi connectivity index (χ4v) is 4.90. The first-order valence-electron chi connectivity index (χ1n) is 9.02. The van der Waals surface area contributed by atoms with Gasteiger partial charge in [-0.25, -0.2) is 13.4 Å². The quantitative estimate of drug-likeness (QED) is 0.455. The summed E-state index contributed by atoms with van der Waals surface area (Å²) in [6.07, 6.45) is 5.33. The summed E-state index contributed by atoms with van der Waals surface area (Å²) >= 11 is 1.14. The Morgan fingerprint density at radius 2 is 1.87 bits per heavy atom. The third kappa shape index (κ3) is 4.76. The van der Waals surface area contributed by atoms with Crippen molar-refractivity contribution in [3.63, 3.8) is 0 Å². The van der Waals surface area contributed by atoms with Gasteiger partial charge in [-0.15, -0.1) is 11.3 Å². The van der Waals surface area contributed by atoms with Crippen LogP contribution in [0.25, 0.3) is 0 Å². The first kappa shape index (κ1) is 19.9. The van der Waals surface area contributed by atoms with Gasteiger partial charge in [-0.05, 0) is 53.4 Å². The van der Waals surface area contributed by atoms with Gasteiger partial charge in [0.15, 0.2) is 0 Å². The van der Waals surface area contributed by atoms with Gasteiger partial charge in [0.25, 0.3) is 15.9 Å². The van der Waals surface area contributed by atoms with Gasteiger partial charge in [-0.1, -0.05) is 18.2 Å². The third-order valence-corrected chi connectivity index (χ3v) is 7.05. The van der Waals surface area contributed by atoms with E-state index in [1.165, 1.54) is 6.07 Å². The zero-order chi connectivity index (χ0) is 21.0. The van der Waals surface area contributed by atoms with E-state index in [0.29, 0.717) is 23.5 Å². The Morgan fingerprint density at radius 3 is 2.57 bits per heavy atom. The van der Waals surface area contributed by atoms with E-state index in [4.69, 9.17) is 0 Å². The number of hydrogen-bond donors (Lipinski definition) is 2. The summed E-state index contributed by atoms with van der Waals surface area (Å²) in [7, 11) is -3.62. The summed E-state index contributed by atoms with van der Waals surface area (Å²) in [4.78, 5) is 16.6. The van der Waals surface area contributed by atoms with Crippen molar-refractivity contribution in [1.29, 1.82) is 0 Å². The highest BCUT2D eigenvalue weighted by Crippen LogP contribution is 2.21. The van der Waals surface area contributed by atoms with E-state index in [-0.39, 0.29) is 10.1 Å². The lowest BCUT2D eigenvalue weighted by Crippen LogP contribution is -2.13. The first-order chi connectivity index (χ1) is 14.5. The number of imidazole rings is 1. The van der Waals surface area contributed by atoms with Crippen LogP contribution in [0.2, 0.25) is 0 Å². The maximum absolute atomic E-state index is 12.6. The third-order valence-electron chi connectivity index (χ3n) is 4.27. The molecule has 4 rings (SSSR count). The summed E-state index contributed by atoms with van der Waals surface area (Å²) in [5.41, 5.74) is 2.53. The van der Waals surface area contributed by atoms with Crippen LogP contribution >= 0.6 is 11.3 Å². The lowest BCUT2D eigenvalue weighted by Gasteiger charge is -2.09. The largest absolute Gasteiger partial charge is 0.333 e. The molecule has 0 unspecified atom stereocenters. The van der Waals surface area contributed by atoms with E-state index in [0.717, 1.165) is 16.9 Å². The number of carbonyl (C=O) groups is 1. The second-order valence-corrected chi connectivity index (χ2v) is 9.36. The van der Waals surface area contributed by atoms with E-state index in [1.54, 1.807) is 48.2 Å². The van der Waals surface area contributed by atoms with Crippen molar-refractivity contribution >= 4 is 38.6 Å². The fraction of sp³-hybridized carbons (Fsp3) is 0.0476. The van der Waals surface area contributed by atoms with Crippen LogP contribution in [0, 0.1) is 0 Å². The minimum absolute atomic E-state index is 0.236. The number of amides is 1. The molecule has 2 aromatic heterocycles. The van der Waals surface area contributed by atoms with E-state index >= 15 is 0 Å². The Morgan fingerprint density at radius 1 is 1.03 bits per heavy atom. The molecule has 152 valence electrons. The second-order valence-electron chi connectivity index (χ2n) is 6.50. The standard InChI is InChI=1S/C21H18N4O3S2/c26-21(23-19-4-1-3-16(13-19)14-25-11-10-22-15-25)17-6-8-18(9-7-17)24-30(27,28)20-5-2-12-29-20/h1-13,15,24H,14H2,(H,23,26). The summed E-state index contributed by atoms with van der Waals surface area (Å²) in [5, 5.41) is 4.57. The van der Waals surface area contributed by atoms with Crippen molar-refractivity contribution in [3.8, 4) is 0 Å². The predicted molar refractivity (Wildman–Crippen MR) is 117 cm³/mol. The molecule has 0 bridgehead atoms. The molecule has 0 atom stereocenters. The second kappa shape index (κ2) is 8.52. The minimum Gasteiger partial charge on any atom is -0.333 e. The van der Waals surface area contributed by atoms with Gasteiger partial charge in [0, 0.05) is 35.9 Å². The molecule has 0 saturated heterocycles. The van der Waals surface area contributed by atoms with Gasteiger partial charge >= 0.3 is 0 Å². The number of benzene rings is 2. The fourth-order valence-electron chi connectivity index (χ4n) is 2.85. The van der Waals surface area contributed by atoms with Crippen molar-refractivity contribution < 1.29 is 13.2 Å². The highest BCUT2D eigenvalue weighted by molar-refractivity contribution is 7.94. The number of hydrogen-bond acceptors (Lipinski definition) is 5. The molecule has 30 heavy (non-hydrogen) atoms. The Bertz CT molecular complexity index is 1230. The van der Waals surface area contributed by atoms with Gasteiger partial charge in [-0.2, -0.15) is 0 Å². The lowest BCUT2D eigenvalue weighted by atomic mass is 10.1. The molecule has 0 aliphatic carbocycles.